The highest BCUT2D eigenvalue weighted by molar-refractivity contribution is 6.30. The van der Waals surface area contributed by atoms with Gasteiger partial charge >= 0.3 is 0 Å². The van der Waals surface area contributed by atoms with Crippen LogP contribution in [-0.2, 0) is 18.6 Å². The molecular formula is C31H33ClN6O. The number of aromatic amines is 1. The Balaban J connectivity index is 1.73. The molecule has 0 fully saturated rings. The van der Waals surface area contributed by atoms with Gasteiger partial charge in [0.05, 0.1) is 5.54 Å². The summed E-state index contributed by atoms with van der Waals surface area (Å²) < 4.78 is 1.87. The number of rotatable bonds is 9. The Morgan fingerprint density at radius 1 is 0.974 bits per heavy atom. The van der Waals surface area contributed by atoms with Gasteiger partial charge in [0, 0.05) is 29.2 Å². The van der Waals surface area contributed by atoms with Gasteiger partial charge in [-0.2, -0.15) is 0 Å². The van der Waals surface area contributed by atoms with Crippen LogP contribution < -0.4 is 5.56 Å². The zero-order valence-electron chi connectivity index (χ0n) is 22.7. The van der Waals surface area contributed by atoms with Crippen LogP contribution in [0.1, 0.15) is 61.3 Å². The first kappa shape index (κ1) is 26.8. The molecule has 1 unspecified atom stereocenters. The Morgan fingerprint density at radius 3 is 2.36 bits per heavy atom. The third-order valence-corrected chi connectivity index (χ3v) is 7.65. The van der Waals surface area contributed by atoms with Gasteiger partial charge in [-0.25, -0.2) is 4.68 Å². The minimum Gasteiger partial charge on any atom is -0.322 e. The van der Waals surface area contributed by atoms with Crippen molar-refractivity contribution in [2.75, 3.05) is 0 Å². The van der Waals surface area contributed by atoms with E-state index in [0.717, 1.165) is 34.0 Å². The van der Waals surface area contributed by atoms with Crippen molar-refractivity contribution < 1.29 is 0 Å². The number of H-pyrrole nitrogens is 1. The smallest absolute Gasteiger partial charge is 0.253 e. The van der Waals surface area contributed by atoms with E-state index in [0.29, 0.717) is 29.5 Å². The lowest BCUT2D eigenvalue weighted by molar-refractivity contribution is 0.180. The quantitative estimate of drug-likeness (QED) is 0.233. The van der Waals surface area contributed by atoms with E-state index in [-0.39, 0.29) is 11.1 Å². The molecule has 5 rings (SSSR count). The monoisotopic (exact) mass is 540 g/mol. The number of tetrazole rings is 1. The van der Waals surface area contributed by atoms with Crippen molar-refractivity contribution in [3.05, 3.63) is 122 Å². The number of nitrogens with zero attached hydrogens (tertiary/aromatic N) is 5. The summed E-state index contributed by atoms with van der Waals surface area (Å²) in [6.45, 7) is 9.49. The van der Waals surface area contributed by atoms with E-state index in [4.69, 9.17) is 11.6 Å². The topological polar surface area (TPSA) is 79.7 Å². The van der Waals surface area contributed by atoms with Crippen molar-refractivity contribution in [2.45, 2.75) is 58.8 Å². The summed E-state index contributed by atoms with van der Waals surface area (Å²) in [5, 5.41) is 14.7. The van der Waals surface area contributed by atoms with Crippen molar-refractivity contribution in [1.29, 1.82) is 0 Å². The maximum atomic E-state index is 13.8. The SMILES string of the molecule is CCC(C)(C)n1nnnc1C(c1cc2ccc(C)cc2[nH]c1=O)N(Cc1ccccc1)Cc1ccc(Cl)cc1. The molecule has 0 amide bonds. The minimum absolute atomic E-state index is 0.156. The van der Waals surface area contributed by atoms with E-state index in [1.54, 1.807) is 0 Å². The van der Waals surface area contributed by atoms with Gasteiger partial charge < -0.3 is 4.98 Å². The van der Waals surface area contributed by atoms with Crippen molar-refractivity contribution in [1.82, 2.24) is 30.1 Å². The molecule has 1 N–H and O–H groups in total. The average Bonchev–Trinajstić information content (AvgIpc) is 3.41. The predicted octanol–water partition coefficient (Wildman–Crippen LogP) is 6.41. The molecule has 0 saturated carbocycles. The van der Waals surface area contributed by atoms with Crippen molar-refractivity contribution in [2.24, 2.45) is 0 Å². The number of hydrogen-bond donors (Lipinski definition) is 1. The highest BCUT2D eigenvalue weighted by atomic mass is 35.5. The fraction of sp³-hybridized carbons (Fsp3) is 0.290. The van der Waals surface area contributed by atoms with Gasteiger partial charge in [0.2, 0.25) is 0 Å². The van der Waals surface area contributed by atoms with E-state index in [1.165, 1.54) is 0 Å². The predicted molar refractivity (Wildman–Crippen MR) is 156 cm³/mol. The fourth-order valence-electron chi connectivity index (χ4n) is 4.86. The van der Waals surface area contributed by atoms with E-state index in [9.17, 15) is 4.79 Å². The fourth-order valence-corrected chi connectivity index (χ4v) is 4.99. The summed E-state index contributed by atoms with van der Waals surface area (Å²) in [7, 11) is 0. The molecule has 0 aliphatic heterocycles. The number of aromatic nitrogens is 5. The number of hydrogen-bond acceptors (Lipinski definition) is 5. The zero-order valence-corrected chi connectivity index (χ0v) is 23.5. The van der Waals surface area contributed by atoms with E-state index in [2.05, 4.69) is 64.4 Å². The Morgan fingerprint density at radius 2 is 1.67 bits per heavy atom. The Hall–Kier alpha value is -3.81. The number of aryl methyl sites for hydroxylation is 1. The molecule has 200 valence electrons. The molecule has 3 aromatic carbocycles. The van der Waals surface area contributed by atoms with Crippen molar-refractivity contribution in [3.63, 3.8) is 0 Å². The number of fused-ring (bicyclic) bond motifs is 1. The van der Waals surface area contributed by atoms with E-state index < -0.39 is 6.04 Å². The molecule has 1 atom stereocenters. The molecule has 0 aliphatic rings. The van der Waals surface area contributed by atoms with Gasteiger partial charge in [0.15, 0.2) is 5.82 Å². The van der Waals surface area contributed by atoms with Crippen LogP contribution in [-0.4, -0.2) is 30.1 Å². The molecule has 5 aromatic rings. The standard InChI is InChI=1S/C31H33ClN6O/c1-5-31(3,4)38-29(34-35-36-38)28(26-18-24-14-11-21(2)17-27(24)33-30(26)39)37(19-22-9-7-6-8-10-22)20-23-12-15-25(32)16-13-23/h6-18,28H,5,19-20H2,1-4H3,(H,33,39). The molecular weight excluding hydrogens is 508 g/mol. The van der Waals surface area contributed by atoms with Crippen LogP contribution in [0.3, 0.4) is 0 Å². The molecule has 39 heavy (non-hydrogen) atoms. The number of nitrogens with one attached hydrogen (secondary N) is 1. The number of benzene rings is 3. The molecule has 0 bridgehead atoms. The molecule has 8 heteroatoms. The molecule has 0 saturated heterocycles. The second-order valence-corrected chi connectivity index (χ2v) is 11.1. The minimum atomic E-state index is -0.517. The van der Waals surface area contributed by atoms with Gasteiger partial charge in [-0.1, -0.05) is 73.1 Å². The number of halogens is 1. The van der Waals surface area contributed by atoms with Crippen LogP contribution in [0, 0.1) is 6.92 Å². The van der Waals surface area contributed by atoms with Crippen molar-refractivity contribution >= 4 is 22.5 Å². The summed E-state index contributed by atoms with van der Waals surface area (Å²) in [6, 6.07) is 25.6. The van der Waals surface area contributed by atoms with Crippen molar-refractivity contribution in [3.8, 4) is 0 Å². The van der Waals surface area contributed by atoms with Crippen LogP contribution >= 0.6 is 11.6 Å². The first-order valence-electron chi connectivity index (χ1n) is 13.2. The molecule has 0 radical (unpaired) electrons. The highest BCUT2D eigenvalue weighted by Gasteiger charge is 2.34. The Bertz CT molecular complexity index is 1630. The van der Waals surface area contributed by atoms with Crippen LogP contribution in [0.25, 0.3) is 10.9 Å². The van der Waals surface area contributed by atoms with Gasteiger partial charge in [-0.05, 0) is 84.0 Å². The third kappa shape index (κ3) is 5.79. The Kier molecular flexibility index (Phi) is 7.64. The Labute approximate surface area is 233 Å². The van der Waals surface area contributed by atoms with Gasteiger partial charge in [0.1, 0.15) is 6.04 Å². The van der Waals surface area contributed by atoms with Gasteiger partial charge in [-0.3, -0.25) is 9.69 Å². The van der Waals surface area contributed by atoms with Crippen LogP contribution in [0.5, 0.6) is 0 Å². The van der Waals surface area contributed by atoms with Crippen LogP contribution in [0.2, 0.25) is 5.02 Å². The van der Waals surface area contributed by atoms with E-state index in [1.807, 2.05) is 72.3 Å². The van der Waals surface area contributed by atoms with Crippen LogP contribution in [0.4, 0.5) is 0 Å². The molecule has 2 heterocycles. The molecule has 2 aromatic heterocycles. The normalized spacial score (nSPS) is 12.8. The van der Waals surface area contributed by atoms with Gasteiger partial charge in [0.25, 0.3) is 5.56 Å². The first-order chi connectivity index (χ1) is 18.7. The first-order valence-corrected chi connectivity index (χ1v) is 13.6. The van der Waals surface area contributed by atoms with E-state index >= 15 is 0 Å². The largest absolute Gasteiger partial charge is 0.322 e. The van der Waals surface area contributed by atoms with Crippen LogP contribution in [0.15, 0.2) is 83.7 Å². The maximum Gasteiger partial charge on any atom is 0.253 e. The number of pyridine rings is 1. The summed E-state index contributed by atoms with van der Waals surface area (Å²) in [6.07, 6.45) is 0.820. The second kappa shape index (κ2) is 11.1. The second-order valence-electron chi connectivity index (χ2n) is 10.7. The molecule has 0 spiro atoms. The highest BCUT2D eigenvalue weighted by Crippen LogP contribution is 2.33. The molecule has 7 nitrogen and oxygen atoms in total. The molecule has 0 aliphatic carbocycles. The lowest BCUT2D eigenvalue weighted by Gasteiger charge is -2.33. The summed E-state index contributed by atoms with van der Waals surface area (Å²) in [4.78, 5) is 19.2. The zero-order chi connectivity index (χ0) is 27.6. The lowest BCUT2D eigenvalue weighted by Crippen LogP contribution is -2.38. The van der Waals surface area contributed by atoms with Gasteiger partial charge in [-0.15, -0.1) is 5.10 Å². The third-order valence-electron chi connectivity index (χ3n) is 7.39. The summed E-state index contributed by atoms with van der Waals surface area (Å²) >= 11 is 6.20. The summed E-state index contributed by atoms with van der Waals surface area (Å²) in [5.41, 5.74) is 4.18. The lowest BCUT2D eigenvalue weighted by atomic mass is 9.98. The summed E-state index contributed by atoms with van der Waals surface area (Å²) in [5.74, 6) is 0.628. The maximum absolute atomic E-state index is 13.8. The average molecular weight is 541 g/mol.